The molecule has 2 heterocycles. The molecule has 0 amide bonds. The molecule has 1 aromatic carbocycles. The van der Waals surface area contributed by atoms with E-state index in [0.29, 0.717) is 3.97 Å². The maximum Gasteiger partial charge on any atom is 0.274 e. The highest BCUT2D eigenvalue weighted by molar-refractivity contribution is 7.90. The fourth-order valence-corrected chi connectivity index (χ4v) is 4.15. The first-order valence-electron chi connectivity index (χ1n) is 7.63. The third-order valence-corrected chi connectivity index (χ3v) is 5.51. The van der Waals surface area contributed by atoms with Gasteiger partial charge in [0, 0.05) is 24.5 Å². The number of hydrogen-bond acceptors (Lipinski definition) is 4. The maximum atomic E-state index is 14.9. The van der Waals surface area contributed by atoms with Crippen LogP contribution in [0.5, 0.6) is 0 Å². The Morgan fingerprint density at radius 1 is 1.07 bits per heavy atom. The number of halogens is 5. The Labute approximate surface area is 164 Å². The van der Waals surface area contributed by atoms with Gasteiger partial charge in [-0.15, -0.1) is 12.4 Å². The minimum Gasteiger partial charge on any atom is -0.316 e. The third-order valence-electron chi connectivity index (χ3n) is 3.80. The number of benzene rings is 1. The quantitative estimate of drug-likeness (QED) is 0.492. The lowest BCUT2D eigenvalue weighted by atomic mass is 10.2. The summed E-state index contributed by atoms with van der Waals surface area (Å²) >= 11 is 0. The van der Waals surface area contributed by atoms with Crippen LogP contribution in [0.2, 0.25) is 0 Å². The van der Waals surface area contributed by atoms with Gasteiger partial charge in [0.2, 0.25) is 5.95 Å². The summed E-state index contributed by atoms with van der Waals surface area (Å²) in [6.45, 7) is -0.0943. The highest BCUT2D eigenvalue weighted by Crippen LogP contribution is 2.33. The largest absolute Gasteiger partial charge is 0.316 e. The highest BCUT2D eigenvalue weighted by atomic mass is 35.5. The molecular formula is C17H14ClF4N3O2S. The van der Waals surface area contributed by atoms with Crippen molar-refractivity contribution in [2.45, 2.75) is 11.4 Å². The van der Waals surface area contributed by atoms with E-state index in [1.165, 1.54) is 13.1 Å². The van der Waals surface area contributed by atoms with Crippen LogP contribution in [0.1, 0.15) is 5.56 Å². The molecule has 1 N–H and O–H groups in total. The smallest absolute Gasteiger partial charge is 0.274 e. The van der Waals surface area contributed by atoms with Crippen LogP contribution in [0.3, 0.4) is 0 Å². The Balaban J connectivity index is 0.00000280. The molecule has 0 aliphatic carbocycles. The molecule has 0 fully saturated rings. The maximum absolute atomic E-state index is 14.9. The van der Waals surface area contributed by atoms with Gasteiger partial charge in [0.25, 0.3) is 10.0 Å². The van der Waals surface area contributed by atoms with E-state index in [0.717, 1.165) is 36.7 Å². The van der Waals surface area contributed by atoms with E-state index >= 15 is 0 Å². The fourth-order valence-electron chi connectivity index (χ4n) is 2.64. The van der Waals surface area contributed by atoms with E-state index in [9.17, 15) is 26.0 Å². The van der Waals surface area contributed by atoms with Gasteiger partial charge in [-0.2, -0.15) is 4.39 Å². The molecule has 0 aliphatic rings. The number of aromatic nitrogens is 2. The topological polar surface area (TPSA) is 64.0 Å². The summed E-state index contributed by atoms with van der Waals surface area (Å²) in [4.78, 5) is 2.12. The molecule has 2 aromatic heterocycles. The van der Waals surface area contributed by atoms with E-state index in [-0.39, 0.29) is 24.5 Å². The van der Waals surface area contributed by atoms with Gasteiger partial charge in [0.15, 0.2) is 10.7 Å². The van der Waals surface area contributed by atoms with Crippen molar-refractivity contribution in [1.82, 2.24) is 14.3 Å². The lowest BCUT2D eigenvalue weighted by Crippen LogP contribution is -2.17. The average molecular weight is 436 g/mol. The monoisotopic (exact) mass is 435 g/mol. The highest BCUT2D eigenvalue weighted by Gasteiger charge is 2.32. The molecule has 0 saturated heterocycles. The van der Waals surface area contributed by atoms with E-state index in [4.69, 9.17) is 0 Å². The van der Waals surface area contributed by atoms with Gasteiger partial charge in [-0.1, -0.05) is 6.07 Å². The van der Waals surface area contributed by atoms with Crippen LogP contribution in [-0.4, -0.2) is 24.4 Å². The minimum atomic E-state index is -4.91. The Hall–Kier alpha value is -2.43. The molecular weight excluding hydrogens is 422 g/mol. The van der Waals surface area contributed by atoms with Crippen LogP contribution < -0.4 is 5.32 Å². The van der Waals surface area contributed by atoms with Crippen molar-refractivity contribution in [3.05, 3.63) is 71.7 Å². The second kappa shape index (κ2) is 8.29. The van der Waals surface area contributed by atoms with Crippen molar-refractivity contribution in [3.63, 3.8) is 0 Å². The van der Waals surface area contributed by atoms with Gasteiger partial charge < -0.3 is 5.32 Å². The Kier molecular flexibility index (Phi) is 6.48. The van der Waals surface area contributed by atoms with Crippen LogP contribution in [-0.2, 0) is 16.6 Å². The van der Waals surface area contributed by atoms with Crippen LogP contribution >= 0.6 is 12.4 Å². The van der Waals surface area contributed by atoms with E-state index in [1.54, 1.807) is 0 Å². The van der Waals surface area contributed by atoms with Crippen molar-refractivity contribution in [2.24, 2.45) is 0 Å². The first kappa shape index (κ1) is 21.9. The summed E-state index contributed by atoms with van der Waals surface area (Å²) in [5.41, 5.74) is -1.29. The molecule has 0 spiro atoms. The summed E-state index contributed by atoms with van der Waals surface area (Å²) in [6.07, 6.45) is 1.96. The molecule has 28 heavy (non-hydrogen) atoms. The molecule has 0 unspecified atom stereocenters. The zero-order valence-electron chi connectivity index (χ0n) is 14.3. The second-order valence-electron chi connectivity index (χ2n) is 5.54. The molecule has 0 aliphatic heterocycles. The fraction of sp³-hybridized carbons (Fsp3) is 0.118. The summed E-state index contributed by atoms with van der Waals surface area (Å²) in [5.74, 6) is -4.87. The Morgan fingerprint density at radius 3 is 2.29 bits per heavy atom. The summed E-state index contributed by atoms with van der Waals surface area (Å²) in [6, 6.07) is 4.91. The molecule has 0 saturated carbocycles. The number of hydrogen-bond donors (Lipinski definition) is 1. The predicted octanol–water partition coefficient (Wildman–Crippen LogP) is 3.48. The molecule has 0 bridgehead atoms. The van der Waals surface area contributed by atoms with Gasteiger partial charge in [-0.3, -0.25) is 0 Å². The molecule has 0 radical (unpaired) electrons. The lowest BCUT2D eigenvalue weighted by molar-refractivity contribution is 0.515. The predicted molar refractivity (Wildman–Crippen MR) is 96.5 cm³/mol. The number of nitrogens with one attached hydrogen (secondary N) is 1. The number of pyridine rings is 1. The van der Waals surface area contributed by atoms with Gasteiger partial charge in [-0.05, 0) is 31.3 Å². The van der Waals surface area contributed by atoms with Crippen molar-refractivity contribution < 1.29 is 26.0 Å². The number of rotatable bonds is 5. The summed E-state index contributed by atoms with van der Waals surface area (Å²) in [7, 11) is -3.42. The van der Waals surface area contributed by atoms with E-state index in [2.05, 4.69) is 10.3 Å². The third kappa shape index (κ3) is 3.62. The summed E-state index contributed by atoms with van der Waals surface area (Å²) < 4.78 is 83.3. The van der Waals surface area contributed by atoms with Crippen LogP contribution in [0.15, 0.2) is 47.6 Å². The van der Waals surface area contributed by atoms with Crippen LogP contribution in [0.4, 0.5) is 17.6 Å². The van der Waals surface area contributed by atoms with E-state index in [1.807, 2.05) is 0 Å². The molecule has 0 atom stereocenters. The zero-order valence-corrected chi connectivity index (χ0v) is 15.9. The van der Waals surface area contributed by atoms with Gasteiger partial charge >= 0.3 is 0 Å². The lowest BCUT2D eigenvalue weighted by Gasteiger charge is -2.12. The average Bonchev–Trinajstić information content (AvgIpc) is 2.93. The Morgan fingerprint density at radius 2 is 1.71 bits per heavy atom. The Bertz CT molecular complexity index is 1100. The first-order valence-corrected chi connectivity index (χ1v) is 9.07. The summed E-state index contributed by atoms with van der Waals surface area (Å²) in [5, 5.41) is 2.64. The van der Waals surface area contributed by atoms with Gasteiger partial charge in [0.05, 0.1) is 5.56 Å². The number of nitrogens with zero attached hydrogens (tertiary/aromatic N) is 2. The van der Waals surface area contributed by atoms with Gasteiger partial charge in [0.1, 0.15) is 17.3 Å². The van der Waals surface area contributed by atoms with Crippen molar-refractivity contribution in [2.75, 3.05) is 7.05 Å². The molecule has 11 heteroatoms. The zero-order chi connectivity index (χ0) is 19.8. The first-order chi connectivity index (χ1) is 12.8. The van der Waals surface area contributed by atoms with Crippen LogP contribution in [0, 0.1) is 23.4 Å². The van der Waals surface area contributed by atoms with Crippen molar-refractivity contribution in [1.29, 1.82) is 0 Å². The van der Waals surface area contributed by atoms with Crippen molar-refractivity contribution >= 4 is 22.4 Å². The SMILES string of the molecule is CNCc1cn(S(=O)(=O)c2c(F)cccc2F)c(-c2cccnc2F)c1F.Cl. The molecule has 5 nitrogen and oxygen atoms in total. The molecule has 3 rings (SSSR count). The van der Waals surface area contributed by atoms with Gasteiger partial charge in [-0.25, -0.2) is 30.5 Å². The minimum absolute atomic E-state index is 0. The second-order valence-corrected chi connectivity index (χ2v) is 7.29. The van der Waals surface area contributed by atoms with Crippen molar-refractivity contribution in [3.8, 4) is 11.3 Å². The molecule has 150 valence electrons. The molecule has 3 aromatic rings. The van der Waals surface area contributed by atoms with Crippen LogP contribution in [0.25, 0.3) is 11.3 Å². The standard InChI is InChI=1S/C17H13F4N3O2S.ClH/c1-22-8-10-9-24(15(14(10)20)11-4-3-7-23-17(11)21)27(25,26)16-12(18)5-2-6-13(16)19;/h2-7,9,22H,8H2,1H3;1H. The van der Waals surface area contributed by atoms with E-state index < -0.39 is 49.6 Å². The normalized spacial score (nSPS) is 11.3.